The van der Waals surface area contributed by atoms with Crippen LogP contribution in [0.15, 0.2) is 42.0 Å². The van der Waals surface area contributed by atoms with E-state index < -0.39 is 63.5 Å². The molecule has 0 bridgehead atoms. The number of hydrogen-bond acceptors (Lipinski definition) is 6. The van der Waals surface area contributed by atoms with Crippen LogP contribution in [0.1, 0.15) is 68.4 Å². The van der Waals surface area contributed by atoms with Gasteiger partial charge in [0, 0.05) is 23.3 Å². The van der Waals surface area contributed by atoms with Gasteiger partial charge in [-0.2, -0.15) is 26.3 Å². The van der Waals surface area contributed by atoms with Crippen molar-refractivity contribution in [3.8, 4) is 5.75 Å². The van der Waals surface area contributed by atoms with Crippen molar-refractivity contribution >= 4 is 23.3 Å². The smallest absolute Gasteiger partial charge is 0.417 e. The standard InChI is InChI=1S/C28H26F6N2O6/c1-14-23(15-9-16(27(29,30)31)11-17(10-15)28(32,33)34)42-25(38)35(14)24(37)21-13-26(2,3)8-7-19(21)20-12-18(36(39)40)5-6-22(20)41-4/h5-6,9-12,14,23H,7-8,13H2,1-4H3/t14-,23-/m0/s1. The lowest BCUT2D eigenvalue weighted by Crippen LogP contribution is -2.40. The van der Waals surface area contributed by atoms with Crippen LogP contribution in [-0.2, 0) is 21.9 Å². The summed E-state index contributed by atoms with van der Waals surface area (Å²) in [5, 5.41) is 11.5. The van der Waals surface area contributed by atoms with Crippen molar-refractivity contribution in [3.63, 3.8) is 0 Å². The van der Waals surface area contributed by atoms with Gasteiger partial charge in [-0.05, 0) is 67.0 Å². The Morgan fingerprint density at radius 3 is 2.19 bits per heavy atom. The molecule has 0 saturated carbocycles. The van der Waals surface area contributed by atoms with E-state index in [9.17, 15) is 46.0 Å². The number of benzene rings is 2. The van der Waals surface area contributed by atoms with E-state index in [0.29, 0.717) is 29.0 Å². The molecule has 42 heavy (non-hydrogen) atoms. The first kappa shape index (κ1) is 30.8. The highest BCUT2D eigenvalue weighted by molar-refractivity contribution is 6.09. The molecule has 0 unspecified atom stereocenters. The lowest BCUT2D eigenvalue weighted by molar-refractivity contribution is -0.384. The predicted molar refractivity (Wildman–Crippen MR) is 136 cm³/mol. The number of halogens is 6. The van der Waals surface area contributed by atoms with E-state index >= 15 is 0 Å². The third-order valence-electron chi connectivity index (χ3n) is 7.48. The molecule has 2 aromatic carbocycles. The van der Waals surface area contributed by atoms with Gasteiger partial charge in [-0.1, -0.05) is 13.8 Å². The molecule has 1 aliphatic carbocycles. The Bertz CT molecular complexity index is 1450. The number of allylic oxidation sites excluding steroid dienone is 1. The summed E-state index contributed by atoms with van der Waals surface area (Å²) in [5.41, 5.74) is -3.72. The van der Waals surface area contributed by atoms with Crippen molar-refractivity contribution in [2.45, 2.75) is 64.5 Å². The van der Waals surface area contributed by atoms with Crippen molar-refractivity contribution in [1.82, 2.24) is 4.90 Å². The second-order valence-electron chi connectivity index (χ2n) is 11.0. The molecule has 1 saturated heterocycles. The Balaban J connectivity index is 1.81. The van der Waals surface area contributed by atoms with Crippen LogP contribution in [-0.4, -0.2) is 35.0 Å². The van der Waals surface area contributed by atoms with Crippen LogP contribution < -0.4 is 4.74 Å². The maximum atomic E-state index is 14.0. The SMILES string of the molecule is COc1ccc([N+](=O)[O-])cc1C1=C(C(=O)N2C(=O)O[C@H](c3cc(C(F)(F)F)cc(C(F)(F)F)c3)[C@@H]2C)CC(C)(C)CC1. The maximum absolute atomic E-state index is 14.0. The molecule has 0 aromatic heterocycles. The number of nitro benzene ring substituents is 1. The first-order valence-corrected chi connectivity index (χ1v) is 12.7. The van der Waals surface area contributed by atoms with Crippen molar-refractivity contribution in [3.05, 3.63) is 74.3 Å². The number of carbonyl (C=O) groups excluding carboxylic acids is 2. The Labute approximate surface area is 236 Å². The molecule has 1 fully saturated rings. The number of alkyl halides is 6. The molecular weight excluding hydrogens is 574 g/mol. The van der Waals surface area contributed by atoms with Crippen LogP contribution in [0.2, 0.25) is 0 Å². The van der Waals surface area contributed by atoms with Crippen LogP contribution in [0.4, 0.5) is 36.8 Å². The average Bonchev–Trinajstić information content (AvgIpc) is 3.19. The van der Waals surface area contributed by atoms with E-state index in [1.54, 1.807) is 0 Å². The second-order valence-corrected chi connectivity index (χ2v) is 11.0. The molecule has 1 aliphatic heterocycles. The topological polar surface area (TPSA) is 99.0 Å². The fourth-order valence-corrected chi connectivity index (χ4v) is 5.30. The zero-order valence-corrected chi connectivity index (χ0v) is 22.9. The number of nitrogens with zero attached hydrogens (tertiary/aromatic N) is 2. The Hall–Kier alpha value is -4.10. The fourth-order valence-electron chi connectivity index (χ4n) is 5.30. The summed E-state index contributed by atoms with van der Waals surface area (Å²) in [4.78, 5) is 38.5. The van der Waals surface area contributed by atoms with Crippen molar-refractivity contribution in [2.75, 3.05) is 7.11 Å². The first-order chi connectivity index (χ1) is 19.3. The molecule has 2 aromatic rings. The monoisotopic (exact) mass is 600 g/mol. The van der Waals surface area contributed by atoms with E-state index in [2.05, 4.69) is 0 Å². The van der Waals surface area contributed by atoms with E-state index in [1.165, 1.54) is 32.2 Å². The largest absolute Gasteiger partial charge is 0.496 e. The van der Waals surface area contributed by atoms with Gasteiger partial charge < -0.3 is 9.47 Å². The predicted octanol–water partition coefficient (Wildman–Crippen LogP) is 7.71. The van der Waals surface area contributed by atoms with Gasteiger partial charge in [-0.3, -0.25) is 14.9 Å². The number of hydrogen-bond donors (Lipinski definition) is 0. The van der Waals surface area contributed by atoms with Crippen LogP contribution in [0.3, 0.4) is 0 Å². The summed E-state index contributed by atoms with van der Waals surface area (Å²) >= 11 is 0. The molecule has 14 heteroatoms. The molecule has 8 nitrogen and oxygen atoms in total. The van der Waals surface area contributed by atoms with E-state index in [0.717, 1.165) is 0 Å². The average molecular weight is 601 g/mol. The molecule has 1 heterocycles. The number of rotatable bonds is 5. The minimum Gasteiger partial charge on any atom is -0.496 e. The van der Waals surface area contributed by atoms with Gasteiger partial charge in [0.2, 0.25) is 0 Å². The van der Waals surface area contributed by atoms with Crippen LogP contribution in [0.5, 0.6) is 5.75 Å². The molecule has 0 N–H and O–H groups in total. The van der Waals surface area contributed by atoms with Crippen LogP contribution in [0, 0.1) is 15.5 Å². The van der Waals surface area contributed by atoms with E-state index in [4.69, 9.17) is 9.47 Å². The van der Waals surface area contributed by atoms with Gasteiger partial charge in [-0.15, -0.1) is 0 Å². The minimum atomic E-state index is -5.12. The number of ether oxygens (including phenoxy) is 2. The minimum absolute atomic E-state index is 0.0402. The van der Waals surface area contributed by atoms with Gasteiger partial charge in [0.1, 0.15) is 11.9 Å². The number of methoxy groups -OCH3 is 1. The highest BCUT2D eigenvalue weighted by Gasteiger charge is 2.47. The molecule has 2 amide bonds. The molecule has 0 spiro atoms. The summed E-state index contributed by atoms with van der Waals surface area (Å²) < 4.78 is 91.4. The molecular formula is C28H26F6N2O6. The second kappa shape index (κ2) is 10.6. The number of non-ortho nitro benzene ring substituents is 1. The quantitative estimate of drug-likeness (QED) is 0.198. The van der Waals surface area contributed by atoms with E-state index in [-0.39, 0.29) is 41.5 Å². The third kappa shape index (κ3) is 5.93. The highest BCUT2D eigenvalue weighted by atomic mass is 19.4. The van der Waals surface area contributed by atoms with Crippen molar-refractivity contribution < 1.29 is 50.3 Å². The third-order valence-corrected chi connectivity index (χ3v) is 7.48. The van der Waals surface area contributed by atoms with Gasteiger partial charge >= 0.3 is 18.4 Å². The molecule has 2 atom stereocenters. The van der Waals surface area contributed by atoms with Crippen molar-refractivity contribution in [2.24, 2.45) is 5.41 Å². The summed E-state index contributed by atoms with van der Waals surface area (Å²) in [5.74, 6) is -0.631. The number of carbonyl (C=O) groups is 2. The Morgan fingerprint density at radius 1 is 1.07 bits per heavy atom. The van der Waals surface area contributed by atoms with Crippen LogP contribution >= 0.6 is 0 Å². The molecule has 226 valence electrons. The van der Waals surface area contributed by atoms with Gasteiger partial charge in [-0.25, -0.2) is 9.69 Å². The lowest BCUT2D eigenvalue weighted by atomic mass is 9.72. The summed E-state index contributed by atoms with van der Waals surface area (Å²) in [7, 11) is 1.34. The van der Waals surface area contributed by atoms with E-state index in [1.807, 2.05) is 13.8 Å². The molecule has 0 radical (unpaired) electrons. The molecule has 4 rings (SSSR count). The van der Waals surface area contributed by atoms with Crippen molar-refractivity contribution in [1.29, 1.82) is 0 Å². The highest BCUT2D eigenvalue weighted by Crippen LogP contribution is 2.47. The van der Waals surface area contributed by atoms with Crippen LogP contribution in [0.25, 0.3) is 5.57 Å². The van der Waals surface area contributed by atoms with Gasteiger partial charge in [0.15, 0.2) is 0 Å². The first-order valence-electron chi connectivity index (χ1n) is 12.7. The van der Waals surface area contributed by atoms with Gasteiger partial charge in [0.25, 0.3) is 11.6 Å². The summed E-state index contributed by atoms with van der Waals surface area (Å²) in [6.45, 7) is 5.03. The number of cyclic esters (lactones) is 1. The zero-order valence-electron chi connectivity index (χ0n) is 22.9. The number of nitro groups is 1. The lowest BCUT2D eigenvalue weighted by Gasteiger charge is -2.34. The Kier molecular flexibility index (Phi) is 7.80. The summed E-state index contributed by atoms with van der Waals surface area (Å²) in [6, 6.07) is 3.43. The Morgan fingerprint density at radius 2 is 1.67 bits per heavy atom. The number of imide groups is 1. The number of amides is 2. The summed E-state index contributed by atoms with van der Waals surface area (Å²) in [6.07, 6.45) is -12.2. The fraction of sp³-hybridized carbons (Fsp3) is 0.429. The zero-order chi connectivity index (χ0) is 31.4. The normalized spacial score (nSPS) is 20.9. The molecule has 2 aliphatic rings. The van der Waals surface area contributed by atoms with Gasteiger partial charge in [0.05, 0.1) is 29.2 Å². The maximum Gasteiger partial charge on any atom is 0.417 e.